The summed E-state index contributed by atoms with van der Waals surface area (Å²) in [7, 11) is 0. The quantitative estimate of drug-likeness (QED) is 0.759. The summed E-state index contributed by atoms with van der Waals surface area (Å²) in [5.74, 6) is -0.0237. The van der Waals surface area contributed by atoms with Gasteiger partial charge in [-0.25, -0.2) is 0 Å². The number of hydrogen-bond acceptors (Lipinski definition) is 2. The van der Waals surface area contributed by atoms with Crippen LogP contribution >= 0.6 is 34.8 Å². The van der Waals surface area contributed by atoms with E-state index in [2.05, 4.69) is 5.32 Å². The predicted octanol–water partition coefficient (Wildman–Crippen LogP) is 5.59. The molecular formula is C17H16Cl3NO2. The van der Waals surface area contributed by atoms with Gasteiger partial charge in [-0.1, -0.05) is 53.0 Å². The molecule has 2 rings (SSSR count). The van der Waals surface area contributed by atoms with Crippen LogP contribution in [0.2, 0.25) is 15.1 Å². The van der Waals surface area contributed by atoms with Crippen molar-refractivity contribution in [1.29, 1.82) is 0 Å². The van der Waals surface area contributed by atoms with Crippen LogP contribution in [0, 0.1) is 20.8 Å². The fraction of sp³-hybridized carbons (Fsp3) is 0.235. The number of carbonyl (C=O) groups excluding carboxylic acids is 1. The third kappa shape index (κ3) is 3.92. The lowest BCUT2D eigenvalue weighted by molar-refractivity contribution is -0.118. The lowest BCUT2D eigenvalue weighted by Gasteiger charge is -2.15. The van der Waals surface area contributed by atoms with Gasteiger partial charge in [0.05, 0.1) is 10.0 Å². The molecule has 0 atom stereocenters. The van der Waals surface area contributed by atoms with Gasteiger partial charge < -0.3 is 10.1 Å². The Morgan fingerprint density at radius 1 is 1.00 bits per heavy atom. The van der Waals surface area contributed by atoms with Gasteiger partial charge >= 0.3 is 0 Å². The largest absolute Gasteiger partial charge is 0.481 e. The average Bonchev–Trinajstić information content (AvgIpc) is 2.53. The number of nitrogens with one attached hydrogen (secondary N) is 1. The fourth-order valence-electron chi connectivity index (χ4n) is 2.07. The highest BCUT2D eigenvalue weighted by Gasteiger charge is 2.18. The SMILES string of the molecule is Cc1ccccc1NC(=O)COc1c(Cl)c(C)c(Cl)c(C)c1Cl. The third-order valence-electron chi connectivity index (χ3n) is 3.48. The van der Waals surface area contributed by atoms with E-state index in [-0.39, 0.29) is 18.3 Å². The van der Waals surface area contributed by atoms with Gasteiger partial charge in [0.1, 0.15) is 0 Å². The molecule has 1 N–H and O–H groups in total. The number of carbonyl (C=O) groups is 1. The average molecular weight is 373 g/mol. The molecule has 2 aromatic rings. The van der Waals surface area contributed by atoms with Crippen LogP contribution < -0.4 is 10.1 Å². The molecule has 0 radical (unpaired) electrons. The van der Waals surface area contributed by atoms with Crippen molar-refractivity contribution in [3.63, 3.8) is 0 Å². The summed E-state index contributed by atoms with van der Waals surface area (Å²) in [5.41, 5.74) is 3.05. The Balaban J connectivity index is 2.13. The van der Waals surface area contributed by atoms with Crippen molar-refractivity contribution in [3.8, 4) is 5.75 Å². The molecule has 23 heavy (non-hydrogen) atoms. The minimum absolute atomic E-state index is 0.200. The standard InChI is InChI=1S/C17H16Cl3NO2/c1-9-6-4-5-7-12(9)21-13(22)8-23-17-15(19)10(2)14(18)11(3)16(17)20/h4-7H,8H2,1-3H3,(H,21,22). The summed E-state index contributed by atoms with van der Waals surface area (Å²) < 4.78 is 5.52. The van der Waals surface area contributed by atoms with Crippen LogP contribution in [-0.4, -0.2) is 12.5 Å². The van der Waals surface area contributed by atoms with E-state index in [1.807, 2.05) is 31.2 Å². The van der Waals surface area contributed by atoms with Crippen LogP contribution in [0.25, 0.3) is 0 Å². The molecule has 122 valence electrons. The molecule has 1 amide bonds. The minimum atomic E-state index is -0.295. The zero-order valence-electron chi connectivity index (χ0n) is 13.0. The van der Waals surface area contributed by atoms with Gasteiger partial charge in [-0.15, -0.1) is 0 Å². The number of ether oxygens (including phenoxy) is 1. The summed E-state index contributed by atoms with van der Waals surface area (Å²) in [5, 5.41) is 3.91. The topological polar surface area (TPSA) is 38.3 Å². The molecule has 3 nitrogen and oxygen atoms in total. The number of para-hydroxylation sites is 1. The maximum atomic E-state index is 12.0. The minimum Gasteiger partial charge on any atom is -0.481 e. The molecule has 2 aromatic carbocycles. The molecule has 6 heteroatoms. The maximum Gasteiger partial charge on any atom is 0.262 e. The van der Waals surface area contributed by atoms with Crippen molar-refractivity contribution in [2.24, 2.45) is 0 Å². The summed E-state index contributed by atoms with van der Waals surface area (Å²) in [6, 6.07) is 7.49. The first kappa shape index (κ1) is 17.9. The van der Waals surface area contributed by atoms with Gasteiger partial charge in [0.15, 0.2) is 12.4 Å². The second-order valence-electron chi connectivity index (χ2n) is 5.17. The molecule has 0 fully saturated rings. The molecule has 0 aliphatic carbocycles. The van der Waals surface area contributed by atoms with Crippen LogP contribution in [0.15, 0.2) is 24.3 Å². The zero-order valence-corrected chi connectivity index (χ0v) is 15.2. The number of rotatable bonds is 4. The number of amides is 1. The molecule has 0 heterocycles. The van der Waals surface area contributed by atoms with E-state index < -0.39 is 0 Å². The van der Waals surface area contributed by atoms with E-state index in [4.69, 9.17) is 39.5 Å². The second kappa shape index (κ2) is 7.43. The van der Waals surface area contributed by atoms with Crippen molar-refractivity contribution in [2.45, 2.75) is 20.8 Å². The summed E-state index contributed by atoms with van der Waals surface area (Å²) in [6.07, 6.45) is 0. The third-order valence-corrected chi connectivity index (χ3v) is 4.96. The van der Waals surface area contributed by atoms with E-state index in [0.717, 1.165) is 11.3 Å². The van der Waals surface area contributed by atoms with Crippen LogP contribution in [0.5, 0.6) is 5.75 Å². The van der Waals surface area contributed by atoms with Gasteiger partial charge in [0.25, 0.3) is 5.91 Å². The van der Waals surface area contributed by atoms with Crippen molar-refractivity contribution in [1.82, 2.24) is 0 Å². The predicted molar refractivity (Wildman–Crippen MR) is 96.2 cm³/mol. The molecule has 0 aromatic heterocycles. The first-order chi connectivity index (χ1) is 10.8. The monoisotopic (exact) mass is 371 g/mol. The van der Waals surface area contributed by atoms with Gasteiger partial charge in [-0.05, 0) is 43.5 Å². The Hall–Kier alpha value is -1.42. The first-order valence-corrected chi connectivity index (χ1v) is 8.08. The highest BCUT2D eigenvalue weighted by atomic mass is 35.5. The lowest BCUT2D eigenvalue weighted by atomic mass is 10.1. The summed E-state index contributed by atoms with van der Waals surface area (Å²) in [4.78, 5) is 12.0. The number of anilines is 1. The second-order valence-corrected chi connectivity index (χ2v) is 6.31. The molecule has 0 saturated heterocycles. The van der Waals surface area contributed by atoms with Gasteiger partial charge in [0.2, 0.25) is 0 Å². The lowest BCUT2D eigenvalue weighted by Crippen LogP contribution is -2.21. The van der Waals surface area contributed by atoms with E-state index in [0.29, 0.717) is 26.2 Å². The smallest absolute Gasteiger partial charge is 0.262 e. The Morgan fingerprint density at radius 3 is 2.13 bits per heavy atom. The van der Waals surface area contributed by atoms with Gasteiger partial charge in [0, 0.05) is 10.7 Å². The van der Waals surface area contributed by atoms with Crippen LogP contribution in [-0.2, 0) is 4.79 Å². The van der Waals surface area contributed by atoms with Crippen molar-refractivity contribution in [2.75, 3.05) is 11.9 Å². The molecule has 0 saturated carbocycles. The normalized spacial score (nSPS) is 10.5. The summed E-state index contributed by atoms with van der Waals surface area (Å²) >= 11 is 18.6. The first-order valence-electron chi connectivity index (χ1n) is 6.94. The van der Waals surface area contributed by atoms with E-state index in [1.165, 1.54) is 0 Å². The van der Waals surface area contributed by atoms with Crippen molar-refractivity contribution >= 4 is 46.4 Å². The maximum absolute atomic E-state index is 12.0. The van der Waals surface area contributed by atoms with Gasteiger partial charge in [-0.3, -0.25) is 4.79 Å². The molecule has 0 aliphatic heterocycles. The number of halogens is 3. The number of aryl methyl sites for hydroxylation is 1. The number of benzene rings is 2. The highest BCUT2D eigenvalue weighted by molar-refractivity contribution is 6.42. The fourth-order valence-corrected chi connectivity index (χ4v) is 2.90. The molecule has 0 unspecified atom stereocenters. The molecule has 0 bridgehead atoms. The molecular weight excluding hydrogens is 357 g/mol. The Bertz CT molecular complexity index is 731. The van der Waals surface area contributed by atoms with Crippen molar-refractivity contribution in [3.05, 3.63) is 56.0 Å². The van der Waals surface area contributed by atoms with E-state index in [1.54, 1.807) is 13.8 Å². The molecule has 0 aliphatic rings. The van der Waals surface area contributed by atoms with E-state index in [9.17, 15) is 4.79 Å². The van der Waals surface area contributed by atoms with Crippen molar-refractivity contribution < 1.29 is 9.53 Å². The van der Waals surface area contributed by atoms with Crippen LogP contribution in [0.3, 0.4) is 0 Å². The Morgan fingerprint density at radius 2 is 1.57 bits per heavy atom. The summed E-state index contributed by atoms with van der Waals surface area (Å²) in [6.45, 7) is 5.26. The highest BCUT2D eigenvalue weighted by Crippen LogP contribution is 2.42. The van der Waals surface area contributed by atoms with Crippen LogP contribution in [0.4, 0.5) is 5.69 Å². The van der Waals surface area contributed by atoms with E-state index >= 15 is 0 Å². The number of hydrogen-bond donors (Lipinski definition) is 1. The van der Waals surface area contributed by atoms with Crippen LogP contribution in [0.1, 0.15) is 16.7 Å². The Kier molecular flexibility index (Phi) is 5.79. The molecule has 0 spiro atoms. The zero-order chi connectivity index (χ0) is 17.1. The Labute approximate surface area is 150 Å². The van der Waals surface area contributed by atoms with Gasteiger partial charge in [-0.2, -0.15) is 0 Å².